The Morgan fingerprint density at radius 1 is 1.40 bits per heavy atom. The number of nitrogens with two attached hydrogens (primary N) is 1. The van der Waals surface area contributed by atoms with Crippen molar-refractivity contribution in [3.8, 4) is 0 Å². The summed E-state index contributed by atoms with van der Waals surface area (Å²) in [6.45, 7) is 5.56. The summed E-state index contributed by atoms with van der Waals surface area (Å²) in [5, 5.41) is 2.60. The Balaban J connectivity index is 2.71. The van der Waals surface area contributed by atoms with Gasteiger partial charge in [0.1, 0.15) is 5.75 Å². The molecule has 0 bridgehead atoms. The number of amides is 1. The van der Waals surface area contributed by atoms with E-state index < -0.39 is 21.5 Å². The van der Waals surface area contributed by atoms with Crippen LogP contribution in [0.15, 0.2) is 18.2 Å². The second-order valence-corrected chi connectivity index (χ2v) is 7.25. The number of sulfone groups is 1. The van der Waals surface area contributed by atoms with E-state index in [9.17, 15) is 13.2 Å². The lowest BCUT2D eigenvalue weighted by Crippen LogP contribution is -2.27. The molecule has 0 saturated carbocycles. The fraction of sp³-hybridized carbons (Fsp3) is 0.500. The lowest BCUT2D eigenvalue weighted by Gasteiger charge is -2.12. The van der Waals surface area contributed by atoms with E-state index in [-0.39, 0.29) is 11.7 Å². The number of anilines is 2. The Hall–Kier alpha value is -1.56. The molecule has 0 aliphatic carbocycles. The van der Waals surface area contributed by atoms with Crippen LogP contribution in [0.2, 0.25) is 0 Å². The van der Waals surface area contributed by atoms with Crippen LogP contribution in [0, 0.1) is 12.8 Å². The molecule has 0 aliphatic rings. The fourth-order valence-electron chi connectivity index (χ4n) is 1.79. The molecule has 112 valence electrons. The number of rotatable bonds is 6. The van der Waals surface area contributed by atoms with Gasteiger partial charge in [-0.3, -0.25) is 4.79 Å². The Labute approximate surface area is 120 Å². The molecule has 0 spiro atoms. The van der Waals surface area contributed by atoms with E-state index in [0.29, 0.717) is 11.4 Å². The van der Waals surface area contributed by atoms with Crippen molar-refractivity contribution >= 4 is 27.1 Å². The highest BCUT2D eigenvalue weighted by Gasteiger charge is 2.19. The topological polar surface area (TPSA) is 89.3 Å². The van der Waals surface area contributed by atoms with Crippen molar-refractivity contribution in [3.63, 3.8) is 0 Å². The molecule has 0 aromatic heterocycles. The second kappa shape index (κ2) is 6.74. The first-order valence-electron chi connectivity index (χ1n) is 6.60. The lowest BCUT2D eigenvalue weighted by atomic mass is 10.1. The van der Waals surface area contributed by atoms with Crippen LogP contribution in [0.4, 0.5) is 11.4 Å². The number of carbonyl (C=O) groups is 1. The molecule has 0 fully saturated rings. The van der Waals surface area contributed by atoms with Gasteiger partial charge in [-0.05, 0) is 30.5 Å². The molecule has 1 atom stereocenters. The number of benzene rings is 1. The van der Waals surface area contributed by atoms with E-state index in [2.05, 4.69) is 5.32 Å². The third kappa shape index (κ3) is 4.85. The number of hydrogen-bond acceptors (Lipinski definition) is 4. The summed E-state index contributed by atoms with van der Waals surface area (Å²) in [7, 11) is -3.38. The van der Waals surface area contributed by atoms with Crippen molar-refractivity contribution in [1.29, 1.82) is 0 Å². The average molecular weight is 298 g/mol. The normalized spacial score (nSPS) is 12.9. The Kier molecular flexibility index (Phi) is 5.56. The van der Waals surface area contributed by atoms with Gasteiger partial charge in [0.15, 0.2) is 9.84 Å². The van der Waals surface area contributed by atoms with Gasteiger partial charge in [-0.15, -0.1) is 0 Å². The zero-order valence-electron chi connectivity index (χ0n) is 12.1. The molecule has 1 rings (SSSR count). The van der Waals surface area contributed by atoms with Crippen molar-refractivity contribution in [2.75, 3.05) is 22.6 Å². The van der Waals surface area contributed by atoms with Crippen molar-refractivity contribution in [3.05, 3.63) is 23.8 Å². The lowest BCUT2D eigenvalue weighted by molar-refractivity contribution is -0.113. The van der Waals surface area contributed by atoms with Gasteiger partial charge >= 0.3 is 0 Å². The van der Waals surface area contributed by atoms with Crippen LogP contribution >= 0.6 is 0 Å². The third-order valence-corrected chi connectivity index (χ3v) is 5.02. The van der Waals surface area contributed by atoms with E-state index in [1.165, 1.54) is 0 Å². The molecule has 1 aromatic carbocycles. The van der Waals surface area contributed by atoms with Crippen LogP contribution in [0.5, 0.6) is 0 Å². The molecule has 0 radical (unpaired) electrons. The zero-order chi connectivity index (χ0) is 15.3. The SMILES string of the molecule is CCC(C)CS(=O)(=O)CC(=O)Nc1cccc(N)c1C. The van der Waals surface area contributed by atoms with Gasteiger partial charge in [0, 0.05) is 11.4 Å². The molecular formula is C14H22N2O3S. The van der Waals surface area contributed by atoms with E-state index in [4.69, 9.17) is 5.73 Å². The maximum Gasteiger partial charge on any atom is 0.239 e. The Bertz CT molecular complexity index is 582. The van der Waals surface area contributed by atoms with Crippen LogP contribution in [-0.4, -0.2) is 25.8 Å². The minimum Gasteiger partial charge on any atom is -0.398 e. The molecule has 0 saturated heterocycles. The highest BCUT2D eigenvalue weighted by Crippen LogP contribution is 2.20. The smallest absolute Gasteiger partial charge is 0.239 e. The first kappa shape index (κ1) is 16.5. The number of carbonyl (C=O) groups excluding carboxylic acids is 1. The summed E-state index contributed by atoms with van der Waals surface area (Å²) in [6, 6.07) is 5.14. The van der Waals surface area contributed by atoms with Gasteiger partial charge in [0.2, 0.25) is 5.91 Å². The van der Waals surface area contributed by atoms with Gasteiger partial charge in [0.25, 0.3) is 0 Å². The summed E-state index contributed by atoms with van der Waals surface area (Å²) in [4.78, 5) is 11.8. The molecule has 5 nitrogen and oxygen atoms in total. The van der Waals surface area contributed by atoms with Gasteiger partial charge in [-0.2, -0.15) is 0 Å². The van der Waals surface area contributed by atoms with Crippen molar-refractivity contribution in [2.24, 2.45) is 5.92 Å². The minimum atomic E-state index is -3.38. The van der Waals surface area contributed by atoms with Crippen molar-refractivity contribution < 1.29 is 13.2 Å². The minimum absolute atomic E-state index is 0.0346. The Morgan fingerprint density at radius 3 is 2.65 bits per heavy atom. The summed E-state index contributed by atoms with van der Waals surface area (Å²) >= 11 is 0. The van der Waals surface area contributed by atoms with E-state index in [1.807, 2.05) is 13.8 Å². The summed E-state index contributed by atoms with van der Waals surface area (Å²) in [5.41, 5.74) is 7.58. The quantitative estimate of drug-likeness (QED) is 0.786. The predicted octanol–water partition coefficient (Wildman–Crippen LogP) is 1.98. The van der Waals surface area contributed by atoms with Crippen molar-refractivity contribution in [2.45, 2.75) is 27.2 Å². The van der Waals surface area contributed by atoms with Gasteiger partial charge in [0.05, 0.1) is 5.75 Å². The zero-order valence-corrected chi connectivity index (χ0v) is 13.0. The molecular weight excluding hydrogens is 276 g/mol. The molecule has 3 N–H and O–H groups in total. The summed E-state index contributed by atoms with van der Waals surface area (Å²) in [6.07, 6.45) is 0.773. The van der Waals surface area contributed by atoms with Crippen LogP contribution in [0.1, 0.15) is 25.8 Å². The molecule has 1 amide bonds. The van der Waals surface area contributed by atoms with Gasteiger partial charge in [-0.1, -0.05) is 26.3 Å². The largest absolute Gasteiger partial charge is 0.398 e. The average Bonchev–Trinajstić information content (AvgIpc) is 2.33. The number of hydrogen-bond donors (Lipinski definition) is 2. The van der Waals surface area contributed by atoms with Crippen LogP contribution < -0.4 is 11.1 Å². The van der Waals surface area contributed by atoms with E-state index >= 15 is 0 Å². The molecule has 20 heavy (non-hydrogen) atoms. The van der Waals surface area contributed by atoms with Crippen LogP contribution in [-0.2, 0) is 14.6 Å². The summed E-state index contributed by atoms with van der Waals surface area (Å²) in [5.74, 6) is -0.929. The van der Waals surface area contributed by atoms with E-state index in [1.54, 1.807) is 25.1 Å². The standard InChI is InChI=1S/C14H22N2O3S/c1-4-10(2)8-20(18,19)9-14(17)16-13-7-5-6-12(15)11(13)3/h5-7,10H,4,8-9,15H2,1-3H3,(H,16,17). The highest BCUT2D eigenvalue weighted by molar-refractivity contribution is 7.92. The second-order valence-electron chi connectivity index (χ2n) is 5.14. The Morgan fingerprint density at radius 2 is 2.05 bits per heavy atom. The number of nitrogen functional groups attached to an aromatic ring is 1. The van der Waals surface area contributed by atoms with Gasteiger partial charge < -0.3 is 11.1 Å². The van der Waals surface area contributed by atoms with Gasteiger partial charge in [-0.25, -0.2) is 8.42 Å². The maximum atomic E-state index is 11.9. The first-order valence-corrected chi connectivity index (χ1v) is 8.42. The highest BCUT2D eigenvalue weighted by atomic mass is 32.2. The molecule has 1 unspecified atom stereocenters. The molecule has 6 heteroatoms. The third-order valence-electron chi connectivity index (χ3n) is 3.24. The predicted molar refractivity (Wildman–Crippen MR) is 82.3 cm³/mol. The molecule has 0 aliphatic heterocycles. The van der Waals surface area contributed by atoms with E-state index in [0.717, 1.165) is 12.0 Å². The van der Waals surface area contributed by atoms with Crippen molar-refractivity contribution in [1.82, 2.24) is 0 Å². The van der Waals surface area contributed by atoms with Crippen LogP contribution in [0.25, 0.3) is 0 Å². The maximum absolute atomic E-state index is 11.9. The summed E-state index contributed by atoms with van der Waals surface area (Å²) < 4.78 is 23.7. The molecule has 0 heterocycles. The fourth-order valence-corrected chi connectivity index (χ4v) is 3.48. The molecule has 1 aromatic rings. The van der Waals surface area contributed by atoms with Crippen LogP contribution in [0.3, 0.4) is 0 Å². The number of nitrogens with one attached hydrogen (secondary N) is 1. The monoisotopic (exact) mass is 298 g/mol. The first-order chi connectivity index (χ1) is 9.25.